The molecule has 0 saturated carbocycles. The van der Waals surface area contributed by atoms with Crippen molar-refractivity contribution in [1.82, 2.24) is 15.0 Å². The molecular weight excluding hydrogens is 242 g/mol. The van der Waals surface area contributed by atoms with Crippen molar-refractivity contribution in [1.29, 1.82) is 0 Å². The molecule has 0 unspecified atom stereocenters. The van der Waals surface area contributed by atoms with Crippen LogP contribution in [-0.4, -0.2) is 28.5 Å². The molecule has 4 nitrogen and oxygen atoms in total. The van der Waals surface area contributed by atoms with Gasteiger partial charge in [0, 0.05) is 6.07 Å². The zero-order valence-corrected chi connectivity index (χ0v) is 8.55. The van der Waals surface area contributed by atoms with Gasteiger partial charge in [0.25, 0.3) is 0 Å². The van der Waals surface area contributed by atoms with Gasteiger partial charge in [0.2, 0.25) is 5.88 Å². The average molecular weight is 249 g/mol. The zero-order chi connectivity index (χ0) is 12.6. The number of alkyl halides is 4. The van der Waals surface area contributed by atoms with E-state index in [0.29, 0.717) is 0 Å². The molecule has 0 aliphatic heterocycles. The van der Waals surface area contributed by atoms with Gasteiger partial charge in [-0.05, 0) is 6.07 Å². The molecule has 0 spiro atoms. The Morgan fingerprint density at radius 3 is 2.59 bits per heavy atom. The summed E-state index contributed by atoms with van der Waals surface area (Å²) >= 11 is 0. The molecule has 2 aromatic rings. The summed E-state index contributed by atoms with van der Waals surface area (Å²) in [5.74, 6) is -5.27. The van der Waals surface area contributed by atoms with E-state index in [2.05, 4.69) is 15.0 Å². The summed E-state index contributed by atoms with van der Waals surface area (Å²) < 4.78 is 55.0. The van der Waals surface area contributed by atoms with Crippen molar-refractivity contribution in [3.8, 4) is 5.88 Å². The van der Waals surface area contributed by atoms with Crippen LogP contribution in [0.4, 0.5) is 17.6 Å². The highest BCUT2D eigenvalue weighted by Gasteiger charge is 2.46. The molecule has 17 heavy (non-hydrogen) atoms. The molecule has 0 atom stereocenters. The first-order chi connectivity index (χ1) is 7.95. The maximum atomic E-state index is 13.0. The third-order valence-corrected chi connectivity index (χ3v) is 2.12. The number of aromatic nitrogens is 3. The minimum absolute atomic E-state index is 0.0975. The summed E-state index contributed by atoms with van der Waals surface area (Å²) in [5.41, 5.74) is 0.0424. The minimum atomic E-state index is -4.33. The maximum Gasteiger partial charge on any atom is 0.363 e. The molecule has 2 rings (SSSR count). The smallest absolute Gasteiger partial charge is 0.363 e. The molecule has 2 heterocycles. The van der Waals surface area contributed by atoms with Gasteiger partial charge in [-0.15, -0.1) is 0 Å². The fraction of sp³-hybridized carbons (Fsp3) is 0.333. The SMILES string of the molecule is COc1ccc2[nH]c(C(F)(F)C(F)F)nc2n1. The van der Waals surface area contributed by atoms with Gasteiger partial charge in [-0.1, -0.05) is 0 Å². The topological polar surface area (TPSA) is 50.8 Å². The van der Waals surface area contributed by atoms with Crippen LogP contribution in [0.25, 0.3) is 11.2 Å². The van der Waals surface area contributed by atoms with Crippen molar-refractivity contribution < 1.29 is 22.3 Å². The maximum absolute atomic E-state index is 13.0. The normalized spacial score (nSPS) is 12.4. The van der Waals surface area contributed by atoms with E-state index in [9.17, 15) is 17.6 Å². The van der Waals surface area contributed by atoms with Gasteiger partial charge in [-0.25, -0.2) is 13.8 Å². The fourth-order valence-electron chi connectivity index (χ4n) is 1.25. The minimum Gasteiger partial charge on any atom is -0.481 e. The van der Waals surface area contributed by atoms with Crippen LogP contribution < -0.4 is 4.74 Å². The summed E-state index contributed by atoms with van der Waals surface area (Å²) in [4.78, 5) is 9.19. The van der Waals surface area contributed by atoms with Gasteiger partial charge in [-0.2, -0.15) is 13.8 Å². The number of aromatic amines is 1. The highest BCUT2D eigenvalue weighted by atomic mass is 19.3. The van der Waals surface area contributed by atoms with E-state index in [1.54, 1.807) is 0 Å². The number of fused-ring (bicyclic) bond motifs is 1. The van der Waals surface area contributed by atoms with Crippen LogP contribution in [0.2, 0.25) is 0 Å². The van der Waals surface area contributed by atoms with Gasteiger partial charge < -0.3 is 9.72 Å². The van der Waals surface area contributed by atoms with Gasteiger partial charge in [0.1, 0.15) is 0 Å². The van der Waals surface area contributed by atoms with E-state index in [1.165, 1.54) is 19.2 Å². The van der Waals surface area contributed by atoms with Crippen LogP contribution in [0.1, 0.15) is 5.82 Å². The summed E-state index contributed by atoms with van der Waals surface area (Å²) in [6, 6.07) is 2.78. The number of halogens is 4. The third-order valence-electron chi connectivity index (χ3n) is 2.12. The van der Waals surface area contributed by atoms with Crippen LogP contribution in [0.15, 0.2) is 12.1 Å². The van der Waals surface area contributed by atoms with Crippen LogP contribution in [0, 0.1) is 0 Å². The second-order valence-corrected chi connectivity index (χ2v) is 3.23. The molecule has 1 N–H and O–H groups in total. The summed E-state index contributed by atoms with van der Waals surface area (Å²) in [6.45, 7) is 0. The number of pyridine rings is 1. The van der Waals surface area contributed by atoms with Crippen LogP contribution in [-0.2, 0) is 5.92 Å². The van der Waals surface area contributed by atoms with Crippen molar-refractivity contribution in [2.45, 2.75) is 12.3 Å². The lowest BCUT2D eigenvalue weighted by atomic mass is 10.3. The number of hydrogen-bond donors (Lipinski definition) is 1. The Labute approximate surface area is 92.6 Å². The third kappa shape index (κ3) is 1.90. The molecule has 0 bridgehead atoms. The molecule has 8 heteroatoms. The van der Waals surface area contributed by atoms with E-state index in [-0.39, 0.29) is 17.0 Å². The molecule has 0 saturated heterocycles. The Kier molecular flexibility index (Phi) is 2.64. The molecule has 0 aromatic carbocycles. The van der Waals surface area contributed by atoms with Crippen molar-refractivity contribution >= 4 is 11.2 Å². The van der Waals surface area contributed by atoms with Gasteiger partial charge in [0.05, 0.1) is 12.6 Å². The number of rotatable bonds is 3. The number of nitrogens with one attached hydrogen (secondary N) is 1. The molecule has 0 aliphatic rings. The highest BCUT2D eigenvalue weighted by molar-refractivity contribution is 5.71. The van der Waals surface area contributed by atoms with Crippen LogP contribution in [0.3, 0.4) is 0 Å². The predicted molar refractivity (Wildman–Crippen MR) is 50.3 cm³/mol. The number of methoxy groups -OCH3 is 1. The lowest BCUT2D eigenvalue weighted by Crippen LogP contribution is -2.25. The number of imidazole rings is 1. The number of hydrogen-bond acceptors (Lipinski definition) is 3. The average Bonchev–Trinajstić information content (AvgIpc) is 2.71. The second kappa shape index (κ2) is 3.86. The van der Waals surface area contributed by atoms with E-state index < -0.39 is 18.2 Å². The first-order valence-electron chi connectivity index (χ1n) is 4.52. The van der Waals surface area contributed by atoms with Gasteiger partial charge >= 0.3 is 12.3 Å². The number of ether oxygens (including phenoxy) is 1. The standard InChI is InChI=1S/C9H7F4N3O/c1-17-5-3-2-4-6(15-5)16-8(14-4)9(12,13)7(10)11/h2-3,7H,1H3,(H,14,15,16). The predicted octanol–water partition coefficient (Wildman–Crippen LogP) is 2.32. The summed E-state index contributed by atoms with van der Waals surface area (Å²) in [5, 5.41) is 0. The van der Waals surface area contributed by atoms with Crippen molar-refractivity contribution in [2.75, 3.05) is 7.11 Å². The summed E-state index contributed by atoms with van der Waals surface area (Å²) in [7, 11) is 1.34. The molecule has 0 fully saturated rings. The second-order valence-electron chi connectivity index (χ2n) is 3.23. The molecular formula is C9H7F4N3O. The van der Waals surface area contributed by atoms with Crippen LogP contribution in [0.5, 0.6) is 5.88 Å². The van der Waals surface area contributed by atoms with Crippen LogP contribution >= 0.6 is 0 Å². The van der Waals surface area contributed by atoms with E-state index in [4.69, 9.17) is 4.74 Å². The Bertz CT molecular complexity index is 540. The first-order valence-corrected chi connectivity index (χ1v) is 4.52. The zero-order valence-electron chi connectivity index (χ0n) is 8.55. The van der Waals surface area contributed by atoms with Gasteiger partial charge in [-0.3, -0.25) is 0 Å². The number of H-pyrrole nitrogens is 1. The lowest BCUT2D eigenvalue weighted by Gasteiger charge is -2.10. The fourth-order valence-corrected chi connectivity index (χ4v) is 1.25. The first kappa shape index (κ1) is 11.6. The quantitative estimate of drug-likeness (QED) is 0.849. The van der Waals surface area contributed by atoms with Gasteiger partial charge in [0.15, 0.2) is 11.5 Å². The number of nitrogens with zero attached hydrogens (tertiary/aromatic N) is 2. The highest BCUT2D eigenvalue weighted by Crippen LogP contribution is 2.33. The Hall–Kier alpha value is -1.86. The van der Waals surface area contributed by atoms with Crippen molar-refractivity contribution in [3.05, 3.63) is 18.0 Å². The molecule has 0 radical (unpaired) electrons. The molecule has 0 aliphatic carbocycles. The van der Waals surface area contributed by atoms with Crippen molar-refractivity contribution in [2.24, 2.45) is 0 Å². The Morgan fingerprint density at radius 1 is 1.29 bits per heavy atom. The van der Waals surface area contributed by atoms with E-state index in [1.807, 2.05) is 0 Å². The van der Waals surface area contributed by atoms with E-state index in [0.717, 1.165) is 0 Å². The Morgan fingerprint density at radius 2 is 2.00 bits per heavy atom. The van der Waals surface area contributed by atoms with E-state index >= 15 is 0 Å². The molecule has 0 amide bonds. The van der Waals surface area contributed by atoms with Crippen molar-refractivity contribution in [3.63, 3.8) is 0 Å². The largest absolute Gasteiger partial charge is 0.481 e. The monoisotopic (exact) mass is 249 g/mol. The summed E-state index contributed by atoms with van der Waals surface area (Å²) in [6.07, 6.45) is -3.83. The molecule has 2 aromatic heterocycles. The molecule has 92 valence electrons. The Balaban J connectivity index is 2.51. The lowest BCUT2D eigenvalue weighted by molar-refractivity contribution is -0.140.